The Morgan fingerprint density at radius 1 is 1.53 bits per heavy atom. The number of anilines is 1. The van der Waals surface area contributed by atoms with Crippen LogP contribution in [0.4, 0.5) is 5.69 Å². The van der Waals surface area contributed by atoms with Gasteiger partial charge in [-0.3, -0.25) is 4.79 Å². The number of hydrogen-bond acceptors (Lipinski definition) is 3. The second-order valence-electron chi connectivity index (χ2n) is 3.26. The van der Waals surface area contributed by atoms with Crippen LogP contribution in [-0.4, -0.2) is 24.5 Å². The van der Waals surface area contributed by atoms with Crippen LogP contribution in [0.3, 0.4) is 0 Å². The summed E-state index contributed by atoms with van der Waals surface area (Å²) in [6.07, 6.45) is 2.42. The van der Waals surface area contributed by atoms with Gasteiger partial charge in [0.15, 0.2) is 0 Å². The highest BCUT2D eigenvalue weighted by Gasteiger charge is 2.02. The summed E-state index contributed by atoms with van der Waals surface area (Å²) in [5.74, 6) is 0.998. The first-order valence-electron chi connectivity index (χ1n) is 4.82. The quantitative estimate of drug-likeness (QED) is 0.585. The van der Waals surface area contributed by atoms with Gasteiger partial charge in [-0.05, 0) is 24.0 Å². The molecule has 82 valence electrons. The normalized spacial score (nSPS) is 9.93. The summed E-state index contributed by atoms with van der Waals surface area (Å²) in [5, 5.41) is 2.85. The summed E-state index contributed by atoms with van der Waals surface area (Å²) in [6.45, 7) is 0.725. The summed E-state index contributed by atoms with van der Waals surface area (Å²) in [5.41, 5.74) is 7.27. The number of nitrogens with two attached hydrogens (primary N) is 1. The van der Waals surface area contributed by atoms with Gasteiger partial charge in [0.1, 0.15) is 0 Å². The number of carbonyl (C=O) groups excluding carboxylic acids is 1. The molecule has 0 aliphatic carbocycles. The first-order valence-corrected chi connectivity index (χ1v) is 6.22. The van der Waals surface area contributed by atoms with E-state index in [0.717, 1.165) is 17.9 Å². The molecular formula is C11H16N2OS. The van der Waals surface area contributed by atoms with Gasteiger partial charge in [-0.1, -0.05) is 12.1 Å². The van der Waals surface area contributed by atoms with Gasteiger partial charge in [0.25, 0.3) is 0 Å². The number of rotatable bonds is 5. The number of nitrogen functional groups attached to an aromatic ring is 1. The van der Waals surface area contributed by atoms with Crippen molar-refractivity contribution >= 4 is 23.4 Å². The van der Waals surface area contributed by atoms with Gasteiger partial charge in [-0.25, -0.2) is 0 Å². The lowest BCUT2D eigenvalue weighted by Gasteiger charge is -2.04. The van der Waals surface area contributed by atoms with E-state index in [4.69, 9.17) is 5.73 Å². The zero-order valence-electron chi connectivity index (χ0n) is 8.82. The average Bonchev–Trinajstić information content (AvgIpc) is 2.18. The molecule has 0 aliphatic rings. The maximum atomic E-state index is 11.4. The second kappa shape index (κ2) is 6.35. The monoisotopic (exact) mass is 224 g/mol. The zero-order valence-corrected chi connectivity index (χ0v) is 9.64. The highest BCUT2D eigenvalue weighted by Crippen LogP contribution is 2.06. The molecule has 1 aromatic carbocycles. The Labute approximate surface area is 94.4 Å². The first kappa shape index (κ1) is 11.9. The van der Waals surface area contributed by atoms with E-state index in [9.17, 15) is 4.79 Å². The molecule has 0 bridgehead atoms. The zero-order chi connectivity index (χ0) is 11.1. The van der Waals surface area contributed by atoms with Crippen LogP contribution in [0.1, 0.15) is 5.56 Å². The second-order valence-corrected chi connectivity index (χ2v) is 4.25. The fourth-order valence-electron chi connectivity index (χ4n) is 1.24. The molecule has 1 amide bonds. The smallest absolute Gasteiger partial charge is 0.224 e. The van der Waals surface area contributed by atoms with Crippen LogP contribution in [-0.2, 0) is 11.2 Å². The molecule has 1 rings (SSSR count). The Kier molecular flexibility index (Phi) is 5.04. The molecule has 3 nitrogen and oxygen atoms in total. The minimum atomic E-state index is 0.0506. The van der Waals surface area contributed by atoms with E-state index in [1.807, 2.05) is 30.5 Å². The van der Waals surface area contributed by atoms with E-state index in [0.29, 0.717) is 12.1 Å². The van der Waals surface area contributed by atoms with E-state index in [1.165, 1.54) is 0 Å². The average molecular weight is 224 g/mol. The third kappa shape index (κ3) is 4.74. The van der Waals surface area contributed by atoms with Gasteiger partial charge in [0.2, 0.25) is 5.91 Å². The minimum absolute atomic E-state index is 0.0506. The van der Waals surface area contributed by atoms with Gasteiger partial charge in [0.05, 0.1) is 6.42 Å². The van der Waals surface area contributed by atoms with E-state index in [-0.39, 0.29) is 5.91 Å². The standard InChI is InChI=1S/C11H16N2OS/c1-15-6-5-13-11(14)8-9-3-2-4-10(12)7-9/h2-4,7H,5-6,8,12H2,1H3,(H,13,14). The molecule has 1 aromatic rings. The Hall–Kier alpha value is -1.16. The van der Waals surface area contributed by atoms with Crippen molar-refractivity contribution in [2.75, 3.05) is 24.3 Å². The van der Waals surface area contributed by atoms with Gasteiger partial charge >= 0.3 is 0 Å². The molecule has 0 saturated carbocycles. The first-order chi connectivity index (χ1) is 7.22. The number of hydrogen-bond donors (Lipinski definition) is 2. The van der Waals surface area contributed by atoms with Gasteiger partial charge in [-0.15, -0.1) is 0 Å². The molecule has 3 N–H and O–H groups in total. The molecule has 0 saturated heterocycles. The fraction of sp³-hybridized carbons (Fsp3) is 0.364. The highest BCUT2D eigenvalue weighted by atomic mass is 32.2. The molecule has 0 heterocycles. The molecular weight excluding hydrogens is 208 g/mol. The van der Waals surface area contributed by atoms with Crippen molar-refractivity contribution in [3.05, 3.63) is 29.8 Å². The predicted octanol–water partition coefficient (Wildman–Crippen LogP) is 1.29. The molecule has 4 heteroatoms. The predicted molar refractivity (Wildman–Crippen MR) is 66.0 cm³/mol. The number of nitrogens with one attached hydrogen (secondary N) is 1. The molecule has 0 fully saturated rings. The van der Waals surface area contributed by atoms with Crippen LogP contribution in [0.25, 0.3) is 0 Å². The molecule has 0 aromatic heterocycles. The van der Waals surface area contributed by atoms with Crippen LogP contribution in [0, 0.1) is 0 Å². The maximum Gasteiger partial charge on any atom is 0.224 e. The van der Waals surface area contributed by atoms with Crippen LogP contribution < -0.4 is 11.1 Å². The Morgan fingerprint density at radius 3 is 3.00 bits per heavy atom. The van der Waals surface area contributed by atoms with Crippen LogP contribution in [0.2, 0.25) is 0 Å². The molecule has 0 atom stereocenters. The maximum absolute atomic E-state index is 11.4. The van der Waals surface area contributed by atoms with E-state index in [1.54, 1.807) is 11.8 Å². The Bertz CT molecular complexity index is 328. The Morgan fingerprint density at radius 2 is 2.33 bits per heavy atom. The van der Waals surface area contributed by atoms with Crippen molar-refractivity contribution in [1.29, 1.82) is 0 Å². The third-order valence-corrected chi connectivity index (χ3v) is 2.56. The molecule has 0 radical (unpaired) electrons. The fourth-order valence-corrected chi connectivity index (χ4v) is 1.55. The van der Waals surface area contributed by atoms with Crippen molar-refractivity contribution in [3.63, 3.8) is 0 Å². The lowest BCUT2D eigenvalue weighted by atomic mass is 10.1. The largest absolute Gasteiger partial charge is 0.399 e. The Balaban J connectivity index is 2.37. The molecule has 0 aliphatic heterocycles. The van der Waals surface area contributed by atoms with E-state index in [2.05, 4.69) is 5.32 Å². The summed E-state index contributed by atoms with van der Waals surface area (Å²) in [4.78, 5) is 11.4. The number of amides is 1. The van der Waals surface area contributed by atoms with Crippen molar-refractivity contribution < 1.29 is 4.79 Å². The van der Waals surface area contributed by atoms with Gasteiger partial charge in [0, 0.05) is 18.0 Å². The lowest BCUT2D eigenvalue weighted by molar-refractivity contribution is -0.120. The summed E-state index contributed by atoms with van der Waals surface area (Å²) in [6, 6.07) is 7.41. The van der Waals surface area contributed by atoms with Gasteiger partial charge < -0.3 is 11.1 Å². The van der Waals surface area contributed by atoms with Crippen LogP contribution in [0.5, 0.6) is 0 Å². The van der Waals surface area contributed by atoms with Crippen molar-refractivity contribution in [2.24, 2.45) is 0 Å². The van der Waals surface area contributed by atoms with Gasteiger partial charge in [-0.2, -0.15) is 11.8 Å². The molecule has 15 heavy (non-hydrogen) atoms. The minimum Gasteiger partial charge on any atom is -0.399 e. The van der Waals surface area contributed by atoms with Crippen molar-refractivity contribution in [1.82, 2.24) is 5.32 Å². The SMILES string of the molecule is CSCCNC(=O)Cc1cccc(N)c1. The topological polar surface area (TPSA) is 55.1 Å². The van der Waals surface area contributed by atoms with Crippen LogP contribution in [0.15, 0.2) is 24.3 Å². The molecule has 0 unspecified atom stereocenters. The van der Waals surface area contributed by atoms with E-state index < -0.39 is 0 Å². The van der Waals surface area contributed by atoms with Crippen molar-refractivity contribution in [2.45, 2.75) is 6.42 Å². The number of thioether (sulfide) groups is 1. The van der Waals surface area contributed by atoms with Crippen LogP contribution >= 0.6 is 11.8 Å². The summed E-state index contributed by atoms with van der Waals surface area (Å²) >= 11 is 1.72. The molecule has 0 spiro atoms. The number of benzene rings is 1. The van der Waals surface area contributed by atoms with E-state index >= 15 is 0 Å². The third-order valence-electron chi connectivity index (χ3n) is 1.94. The summed E-state index contributed by atoms with van der Waals surface area (Å²) < 4.78 is 0. The highest BCUT2D eigenvalue weighted by molar-refractivity contribution is 7.98. The summed E-state index contributed by atoms with van der Waals surface area (Å²) in [7, 11) is 0. The lowest BCUT2D eigenvalue weighted by Crippen LogP contribution is -2.27. The van der Waals surface area contributed by atoms with Crippen molar-refractivity contribution in [3.8, 4) is 0 Å². The number of carbonyl (C=O) groups is 1.